The van der Waals surface area contributed by atoms with Gasteiger partial charge < -0.3 is 5.32 Å². The van der Waals surface area contributed by atoms with Crippen molar-refractivity contribution >= 4 is 0 Å². The molecule has 0 aromatic carbocycles. The summed E-state index contributed by atoms with van der Waals surface area (Å²) in [7, 11) is 2.28. The van der Waals surface area contributed by atoms with Crippen LogP contribution in [0.25, 0.3) is 0 Å². The number of hydrogen-bond donors (Lipinski definition) is 1. The number of allylic oxidation sites excluding steroid dienone is 1. The molecule has 23 heavy (non-hydrogen) atoms. The lowest BCUT2D eigenvalue weighted by atomic mass is 9.77. The first-order valence-corrected chi connectivity index (χ1v) is 9.88. The summed E-state index contributed by atoms with van der Waals surface area (Å²) < 4.78 is 0. The summed E-state index contributed by atoms with van der Waals surface area (Å²) in [5.74, 6) is 0. The minimum atomic E-state index is 0.296. The molecule has 1 N–H and O–H groups in total. The molecule has 0 bridgehead atoms. The van der Waals surface area contributed by atoms with Crippen molar-refractivity contribution in [2.45, 2.75) is 109 Å². The molecule has 0 amide bonds. The lowest BCUT2D eigenvalue weighted by Crippen LogP contribution is -2.62. The maximum absolute atomic E-state index is 3.83. The monoisotopic (exact) mass is 322 g/mol. The molecule has 0 aromatic rings. The summed E-state index contributed by atoms with van der Waals surface area (Å²) in [4.78, 5) is 2.56. The van der Waals surface area contributed by atoms with Crippen LogP contribution < -0.4 is 5.32 Å². The van der Waals surface area contributed by atoms with Crippen LogP contribution in [0.15, 0.2) is 12.7 Å². The van der Waals surface area contributed by atoms with Gasteiger partial charge in [0, 0.05) is 17.1 Å². The van der Waals surface area contributed by atoms with E-state index in [9.17, 15) is 0 Å². The summed E-state index contributed by atoms with van der Waals surface area (Å²) in [6, 6.07) is 0.676. The summed E-state index contributed by atoms with van der Waals surface area (Å²) in [5.41, 5.74) is 0.593. The second kappa shape index (κ2) is 9.84. The zero-order valence-corrected chi connectivity index (χ0v) is 16.6. The summed E-state index contributed by atoms with van der Waals surface area (Å²) in [6.07, 6.45) is 15.4. The highest BCUT2D eigenvalue weighted by molar-refractivity contribution is 5.00. The Morgan fingerprint density at radius 1 is 0.913 bits per heavy atom. The molecule has 1 aliphatic heterocycles. The van der Waals surface area contributed by atoms with Crippen LogP contribution in [0.5, 0.6) is 0 Å². The fourth-order valence-electron chi connectivity index (χ4n) is 4.12. The third-order valence-electron chi connectivity index (χ3n) is 5.83. The molecule has 0 radical (unpaired) electrons. The third kappa shape index (κ3) is 7.39. The van der Waals surface area contributed by atoms with Crippen molar-refractivity contribution in [2.75, 3.05) is 13.6 Å². The minimum absolute atomic E-state index is 0.296. The van der Waals surface area contributed by atoms with Crippen LogP contribution in [0.2, 0.25) is 0 Å². The van der Waals surface area contributed by atoms with Crippen LogP contribution in [-0.2, 0) is 0 Å². The lowest BCUT2D eigenvalue weighted by molar-refractivity contribution is -0.0180. The Kier molecular flexibility index (Phi) is 8.85. The second-order valence-electron chi connectivity index (χ2n) is 8.80. The Hall–Kier alpha value is -0.340. The molecular formula is C21H42N2. The average Bonchev–Trinajstić information content (AvgIpc) is 2.46. The number of likely N-dealkylation sites (tertiary alicyclic amines) is 1. The maximum atomic E-state index is 3.83. The minimum Gasteiger partial charge on any atom is -0.314 e. The molecule has 1 aliphatic rings. The summed E-state index contributed by atoms with van der Waals surface area (Å²) in [6.45, 7) is 14.5. The predicted molar refractivity (Wildman–Crippen MR) is 104 cm³/mol. The molecule has 136 valence electrons. The van der Waals surface area contributed by atoms with Gasteiger partial charge in [-0.25, -0.2) is 0 Å². The Morgan fingerprint density at radius 2 is 1.39 bits per heavy atom. The van der Waals surface area contributed by atoms with Gasteiger partial charge in [-0.05, 0) is 73.4 Å². The SMILES string of the molecule is C=CCCCCCCCCCNC1CC(C)(C)N(C)C(C)(C)C1. The third-order valence-corrected chi connectivity index (χ3v) is 5.83. The van der Waals surface area contributed by atoms with Gasteiger partial charge in [0.05, 0.1) is 0 Å². The quantitative estimate of drug-likeness (QED) is 0.397. The first kappa shape index (κ1) is 20.7. The average molecular weight is 323 g/mol. The number of nitrogens with one attached hydrogen (secondary N) is 1. The van der Waals surface area contributed by atoms with Crippen molar-refractivity contribution in [3.8, 4) is 0 Å². The number of piperidine rings is 1. The lowest BCUT2D eigenvalue weighted by Gasteiger charge is -2.53. The van der Waals surface area contributed by atoms with E-state index in [0.717, 1.165) is 0 Å². The topological polar surface area (TPSA) is 15.3 Å². The number of unbranched alkanes of at least 4 members (excludes halogenated alkanes) is 7. The Balaban J connectivity index is 2.09. The highest BCUT2D eigenvalue weighted by Gasteiger charge is 2.42. The first-order valence-electron chi connectivity index (χ1n) is 9.88. The zero-order valence-electron chi connectivity index (χ0n) is 16.6. The first-order chi connectivity index (χ1) is 10.8. The summed E-state index contributed by atoms with van der Waals surface area (Å²) >= 11 is 0. The second-order valence-corrected chi connectivity index (χ2v) is 8.80. The van der Waals surface area contributed by atoms with Crippen LogP contribution in [0, 0.1) is 0 Å². The van der Waals surface area contributed by atoms with Gasteiger partial charge in [0.2, 0.25) is 0 Å². The van der Waals surface area contributed by atoms with Crippen molar-refractivity contribution in [3.05, 3.63) is 12.7 Å². The number of nitrogens with zero attached hydrogens (tertiary/aromatic N) is 1. The molecule has 1 fully saturated rings. The maximum Gasteiger partial charge on any atom is 0.0170 e. The number of hydrogen-bond acceptors (Lipinski definition) is 2. The van der Waals surface area contributed by atoms with Crippen LogP contribution >= 0.6 is 0 Å². The Bertz CT molecular complexity index is 315. The van der Waals surface area contributed by atoms with E-state index in [-0.39, 0.29) is 0 Å². The van der Waals surface area contributed by atoms with Crippen LogP contribution in [0.1, 0.15) is 91.9 Å². The highest BCUT2D eigenvalue weighted by atomic mass is 15.2. The van der Waals surface area contributed by atoms with E-state index in [1.807, 2.05) is 6.08 Å². The van der Waals surface area contributed by atoms with E-state index in [4.69, 9.17) is 0 Å². The normalized spacial score (nSPS) is 21.4. The highest BCUT2D eigenvalue weighted by Crippen LogP contribution is 2.36. The van der Waals surface area contributed by atoms with E-state index in [1.54, 1.807) is 0 Å². The van der Waals surface area contributed by atoms with Crippen molar-refractivity contribution in [2.24, 2.45) is 0 Å². The Labute approximate surface area is 146 Å². The molecule has 0 spiro atoms. The van der Waals surface area contributed by atoms with Crippen LogP contribution in [-0.4, -0.2) is 35.6 Å². The number of rotatable bonds is 11. The van der Waals surface area contributed by atoms with E-state index >= 15 is 0 Å². The molecule has 0 aliphatic carbocycles. The molecule has 0 aromatic heterocycles. The standard InChI is InChI=1S/C21H42N2/c1-7-8-9-10-11-12-13-14-15-16-22-19-17-20(2,3)23(6)21(4,5)18-19/h7,19,22H,1,8-18H2,2-6H3. The van der Waals surface area contributed by atoms with Gasteiger partial charge in [0.1, 0.15) is 0 Å². The smallest absolute Gasteiger partial charge is 0.0170 e. The van der Waals surface area contributed by atoms with Gasteiger partial charge in [0.15, 0.2) is 0 Å². The van der Waals surface area contributed by atoms with Crippen molar-refractivity contribution in [1.29, 1.82) is 0 Å². The molecule has 0 unspecified atom stereocenters. The molecule has 0 atom stereocenters. The van der Waals surface area contributed by atoms with Crippen molar-refractivity contribution in [1.82, 2.24) is 10.2 Å². The van der Waals surface area contributed by atoms with E-state index in [1.165, 1.54) is 70.8 Å². The van der Waals surface area contributed by atoms with Gasteiger partial charge in [-0.1, -0.05) is 38.2 Å². The largest absolute Gasteiger partial charge is 0.314 e. The fourth-order valence-corrected chi connectivity index (χ4v) is 4.12. The van der Waals surface area contributed by atoms with E-state index in [0.29, 0.717) is 17.1 Å². The summed E-state index contributed by atoms with van der Waals surface area (Å²) in [5, 5.41) is 3.83. The zero-order chi connectivity index (χ0) is 17.3. The van der Waals surface area contributed by atoms with Crippen LogP contribution in [0.4, 0.5) is 0 Å². The van der Waals surface area contributed by atoms with Crippen molar-refractivity contribution < 1.29 is 0 Å². The van der Waals surface area contributed by atoms with E-state index in [2.05, 4.69) is 51.5 Å². The molecule has 0 saturated carbocycles. The molecular weight excluding hydrogens is 280 g/mol. The molecule has 1 heterocycles. The van der Waals surface area contributed by atoms with Crippen molar-refractivity contribution in [3.63, 3.8) is 0 Å². The predicted octanol–water partition coefficient (Wildman–Crippen LogP) is 5.53. The van der Waals surface area contributed by atoms with Crippen LogP contribution in [0.3, 0.4) is 0 Å². The van der Waals surface area contributed by atoms with Gasteiger partial charge in [0.25, 0.3) is 0 Å². The van der Waals surface area contributed by atoms with Gasteiger partial charge in [-0.15, -0.1) is 6.58 Å². The van der Waals surface area contributed by atoms with Gasteiger partial charge >= 0.3 is 0 Å². The fraction of sp³-hybridized carbons (Fsp3) is 0.905. The molecule has 1 rings (SSSR count). The molecule has 1 saturated heterocycles. The van der Waals surface area contributed by atoms with E-state index < -0.39 is 0 Å². The van der Waals surface area contributed by atoms with Gasteiger partial charge in [-0.3, -0.25) is 4.90 Å². The molecule has 2 nitrogen and oxygen atoms in total. The molecule has 2 heteroatoms. The van der Waals surface area contributed by atoms with Gasteiger partial charge in [-0.2, -0.15) is 0 Å². The Morgan fingerprint density at radius 3 is 1.91 bits per heavy atom.